The van der Waals surface area contributed by atoms with Gasteiger partial charge in [0.25, 0.3) is 5.91 Å². The lowest BCUT2D eigenvalue weighted by molar-refractivity contribution is -0.115. The Morgan fingerprint density at radius 1 is 1.13 bits per heavy atom. The fraction of sp³-hybridized carbons (Fsp3) is 0.0714. The SMILES string of the molecule is NC(=O)Nc1sc(NC(=O)Cc2cccc(Cl)c2)cc1C(N)=O. The molecule has 0 fully saturated rings. The molecule has 0 bridgehead atoms. The van der Waals surface area contributed by atoms with Crippen molar-refractivity contribution >= 4 is 50.8 Å². The fourth-order valence-corrected chi connectivity index (χ4v) is 3.05. The number of primary amides is 2. The molecule has 0 radical (unpaired) electrons. The number of hydrogen-bond donors (Lipinski definition) is 4. The molecule has 0 aliphatic carbocycles. The standard InChI is InChI=1S/C14H13ClN4O3S/c15-8-3-1-2-7(4-8)5-10(20)18-11-6-9(12(16)21)13(23-11)19-14(17)22/h1-4,6H,5H2,(H2,16,21)(H,18,20)(H3,17,19,22). The largest absolute Gasteiger partial charge is 0.366 e. The fourth-order valence-electron chi connectivity index (χ4n) is 1.85. The van der Waals surface area contributed by atoms with Gasteiger partial charge in [0, 0.05) is 5.02 Å². The van der Waals surface area contributed by atoms with Gasteiger partial charge in [-0.05, 0) is 23.8 Å². The Morgan fingerprint density at radius 3 is 2.48 bits per heavy atom. The Hall–Kier alpha value is -2.58. The Kier molecular flexibility index (Phi) is 5.20. The zero-order valence-corrected chi connectivity index (χ0v) is 13.3. The van der Waals surface area contributed by atoms with Gasteiger partial charge in [0.05, 0.1) is 17.0 Å². The average Bonchev–Trinajstić information content (AvgIpc) is 2.80. The summed E-state index contributed by atoms with van der Waals surface area (Å²) in [6, 6.07) is 7.47. The van der Waals surface area contributed by atoms with Crippen LogP contribution in [0.5, 0.6) is 0 Å². The number of nitrogens with two attached hydrogens (primary N) is 2. The molecule has 1 aromatic heterocycles. The van der Waals surface area contributed by atoms with Crippen LogP contribution in [0.15, 0.2) is 30.3 Å². The van der Waals surface area contributed by atoms with Crippen molar-refractivity contribution in [2.24, 2.45) is 11.5 Å². The number of nitrogens with one attached hydrogen (secondary N) is 2. The smallest absolute Gasteiger partial charge is 0.317 e. The molecule has 6 N–H and O–H groups in total. The molecule has 0 spiro atoms. The molecule has 0 aliphatic rings. The highest BCUT2D eigenvalue weighted by Gasteiger charge is 2.16. The molecule has 120 valence electrons. The molecule has 7 nitrogen and oxygen atoms in total. The van der Waals surface area contributed by atoms with Crippen LogP contribution in [0.25, 0.3) is 0 Å². The van der Waals surface area contributed by atoms with Crippen LogP contribution < -0.4 is 22.1 Å². The maximum absolute atomic E-state index is 12.0. The first-order chi connectivity index (χ1) is 10.8. The molecule has 9 heteroatoms. The van der Waals surface area contributed by atoms with E-state index in [0.717, 1.165) is 16.9 Å². The van der Waals surface area contributed by atoms with Gasteiger partial charge in [0.15, 0.2) is 0 Å². The molecule has 23 heavy (non-hydrogen) atoms. The third-order valence-corrected chi connectivity index (χ3v) is 3.95. The van der Waals surface area contributed by atoms with Crippen molar-refractivity contribution in [1.29, 1.82) is 0 Å². The minimum Gasteiger partial charge on any atom is -0.366 e. The molecule has 2 aromatic rings. The van der Waals surface area contributed by atoms with Gasteiger partial charge >= 0.3 is 6.03 Å². The third-order valence-electron chi connectivity index (χ3n) is 2.75. The summed E-state index contributed by atoms with van der Waals surface area (Å²) in [5.74, 6) is -1.03. The van der Waals surface area contributed by atoms with Gasteiger partial charge in [0.1, 0.15) is 5.00 Å². The molecule has 1 heterocycles. The van der Waals surface area contributed by atoms with Crippen molar-refractivity contribution in [3.05, 3.63) is 46.5 Å². The van der Waals surface area contributed by atoms with E-state index in [9.17, 15) is 14.4 Å². The first-order valence-electron chi connectivity index (χ1n) is 6.39. The van der Waals surface area contributed by atoms with E-state index >= 15 is 0 Å². The summed E-state index contributed by atoms with van der Waals surface area (Å²) in [4.78, 5) is 34.3. The molecule has 0 saturated carbocycles. The van der Waals surface area contributed by atoms with Gasteiger partial charge in [-0.1, -0.05) is 35.1 Å². The molecular weight excluding hydrogens is 340 g/mol. The number of carbonyl (C=O) groups excluding carboxylic acids is 3. The summed E-state index contributed by atoms with van der Waals surface area (Å²) in [6.07, 6.45) is 0.114. The van der Waals surface area contributed by atoms with Crippen molar-refractivity contribution in [2.75, 3.05) is 10.6 Å². The summed E-state index contributed by atoms with van der Waals surface area (Å²) < 4.78 is 0. The normalized spacial score (nSPS) is 10.1. The summed E-state index contributed by atoms with van der Waals surface area (Å²) >= 11 is 6.85. The number of thiophene rings is 1. The number of amides is 4. The minimum atomic E-state index is -0.828. The van der Waals surface area contributed by atoms with Gasteiger partial charge in [-0.15, -0.1) is 0 Å². The quantitative estimate of drug-likeness (QED) is 0.658. The van der Waals surface area contributed by atoms with Crippen molar-refractivity contribution in [3.63, 3.8) is 0 Å². The number of anilines is 2. The lowest BCUT2D eigenvalue weighted by Crippen LogP contribution is -2.21. The minimum absolute atomic E-state index is 0.0758. The number of benzene rings is 1. The van der Waals surface area contributed by atoms with Crippen LogP contribution in [0.1, 0.15) is 15.9 Å². The van der Waals surface area contributed by atoms with E-state index in [1.54, 1.807) is 24.3 Å². The van der Waals surface area contributed by atoms with E-state index in [2.05, 4.69) is 10.6 Å². The lowest BCUT2D eigenvalue weighted by Gasteiger charge is -2.03. The zero-order chi connectivity index (χ0) is 17.0. The average molecular weight is 353 g/mol. The Balaban J connectivity index is 2.11. The van der Waals surface area contributed by atoms with Crippen LogP contribution >= 0.6 is 22.9 Å². The second-order valence-electron chi connectivity index (χ2n) is 4.56. The topological polar surface area (TPSA) is 127 Å². The Labute approximate surface area is 140 Å². The van der Waals surface area contributed by atoms with Crippen LogP contribution in [0.3, 0.4) is 0 Å². The van der Waals surface area contributed by atoms with Crippen molar-refractivity contribution < 1.29 is 14.4 Å². The highest BCUT2D eigenvalue weighted by Crippen LogP contribution is 2.32. The lowest BCUT2D eigenvalue weighted by atomic mass is 10.1. The van der Waals surface area contributed by atoms with Gasteiger partial charge in [-0.3, -0.25) is 14.9 Å². The number of carbonyl (C=O) groups is 3. The maximum atomic E-state index is 12.0. The van der Waals surface area contributed by atoms with Crippen LogP contribution in [-0.2, 0) is 11.2 Å². The van der Waals surface area contributed by atoms with Gasteiger partial charge in [-0.25, -0.2) is 4.79 Å². The molecular formula is C14H13ClN4O3S. The monoisotopic (exact) mass is 352 g/mol. The predicted molar refractivity (Wildman–Crippen MR) is 89.8 cm³/mol. The van der Waals surface area contributed by atoms with Crippen LogP contribution in [0, 0.1) is 0 Å². The van der Waals surface area contributed by atoms with Gasteiger partial charge in [-0.2, -0.15) is 0 Å². The number of halogens is 1. The summed E-state index contributed by atoms with van der Waals surface area (Å²) in [7, 11) is 0. The van der Waals surface area contributed by atoms with Crippen molar-refractivity contribution in [2.45, 2.75) is 6.42 Å². The molecule has 4 amide bonds. The van der Waals surface area contributed by atoms with E-state index < -0.39 is 11.9 Å². The molecule has 1 aromatic carbocycles. The van der Waals surface area contributed by atoms with Crippen molar-refractivity contribution in [1.82, 2.24) is 0 Å². The number of urea groups is 1. The Morgan fingerprint density at radius 2 is 1.87 bits per heavy atom. The third kappa shape index (κ3) is 4.70. The molecule has 0 aliphatic heterocycles. The first kappa shape index (κ1) is 16.8. The predicted octanol–water partition coefficient (Wildman–Crippen LogP) is 2.17. The van der Waals surface area contributed by atoms with E-state index in [-0.39, 0.29) is 22.9 Å². The highest BCUT2D eigenvalue weighted by molar-refractivity contribution is 7.20. The number of rotatable bonds is 5. The van der Waals surface area contributed by atoms with Crippen molar-refractivity contribution in [3.8, 4) is 0 Å². The second kappa shape index (κ2) is 7.12. The van der Waals surface area contributed by atoms with Crippen LogP contribution in [0.2, 0.25) is 5.02 Å². The second-order valence-corrected chi connectivity index (χ2v) is 6.05. The maximum Gasteiger partial charge on any atom is 0.317 e. The van der Waals surface area contributed by atoms with E-state index in [0.29, 0.717) is 10.0 Å². The molecule has 2 rings (SSSR count). The highest BCUT2D eigenvalue weighted by atomic mass is 35.5. The molecule has 0 saturated heterocycles. The summed E-state index contributed by atoms with van der Waals surface area (Å²) in [5, 5.41) is 6.02. The summed E-state index contributed by atoms with van der Waals surface area (Å²) in [5.41, 5.74) is 11.1. The van der Waals surface area contributed by atoms with Gasteiger partial charge in [0.2, 0.25) is 5.91 Å². The molecule has 0 unspecified atom stereocenters. The van der Waals surface area contributed by atoms with E-state index in [4.69, 9.17) is 23.1 Å². The van der Waals surface area contributed by atoms with Crippen LogP contribution in [-0.4, -0.2) is 17.8 Å². The van der Waals surface area contributed by atoms with Crippen LogP contribution in [0.4, 0.5) is 14.8 Å². The van der Waals surface area contributed by atoms with E-state index in [1.165, 1.54) is 6.07 Å². The summed E-state index contributed by atoms with van der Waals surface area (Å²) in [6.45, 7) is 0. The van der Waals surface area contributed by atoms with Gasteiger partial charge < -0.3 is 16.8 Å². The first-order valence-corrected chi connectivity index (χ1v) is 7.59. The number of hydrogen-bond acceptors (Lipinski definition) is 4. The zero-order valence-electron chi connectivity index (χ0n) is 11.8. The molecule has 0 atom stereocenters. The van der Waals surface area contributed by atoms with E-state index in [1.807, 2.05) is 0 Å². The Bertz CT molecular complexity index is 775.